The van der Waals surface area contributed by atoms with Crippen molar-refractivity contribution in [3.8, 4) is 11.8 Å². The van der Waals surface area contributed by atoms with Crippen LogP contribution in [0.25, 0.3) is 0 Å². The van der Waals surface area contributed by atoms with E-state index in [1.165, 1.54) is 0 Å². The van der Waals surface area contributed by atoms with Gasteiger partial charge in [0.2, 0.25) is 0 Å². The maximum absolute atomic E-state index is 8.68. The van der Waals surface area contributed by atoms with E-state index in [9.17, 15) is 0 Å². The fourth-order valence-corrected chi connectivity index (χ4v) is 2.28. The van der Waals surface area contributed by atoms with Gasteiger partial charge < -0.3 is 9.53 Å². The summed E-state index contributed by atoms with van der Waals surface area (Å²) in [6.45, 7) is 13.4. The molecule has 0 saturated carbocycles. The Morgan fingerprint density at radius 2 is 1.88 bits per heavy atom. The summed E-state index contributed by atoms with van der Waals surface area (Å²) in [4.78, 5) is 0. The van der Waals surface area contributed by atoms with Crippen LogP contribution in [0, 0.1) is 11.8 Å². The molecule has 0 spiro atoms. The van der Waals surface area contributed by atoms with Crippen LogP contribution in [0.2, 0.25) is 18.1 Å². The molecule has 0 amide bonds. The van der Waals surface area contributed by atoms with Crippen molar-refractivity contribution in [2.45, 2.75) is 64.8 Å². The smallest absolute Gasteiger partial charge is 0.193 e. The van der Waals surface area contributed by atoms with Crippen molar-refractivity contribution in [2.75, 3.05) is 6.61 Å². The van der Waals surface area contributed by atoms with Crippen LogP contribution in [0.4, 0.5) is 0 Å². The van der Waals surface area contributed by atoms with Crippen LogP contribution in [-0.2, 0) is 4.43 Å². The van der Waals surface area contributed by atoms with Gasteiger partial charge in [0.25, 0.3) is 0 Å². The Labute approximate surface area is 102 Å². The van der Waals surface area contributed by atoms with Gasteiger partial charge >= 0.3 is 0 Å². The summed E-state index contributed by atoms with van der Waals surface area (Å²) in [5, 5.41) is 8.90. The van der Waals surface area contributed by atoms with E-state index in [0.717, 1.165) is 6.42 Å². The lowest BCUT2D eigenvalue weighted by molar-refractivity contribution is 0.229. The Bertz CT molecular complexity index is 255. The molecule has 94 valence electrons. The largest absolute Gasteiger partial charge is 0.403 e. The fraction of sp³-hybridized carbons (Fsp3) is 0.846. The summed E-state index contributed by atoms with van der Waals surface area (Å²) in [6.07, 6.45) is 1.47. The van der Waals surface area contributed by atoms with E-state index < -0.39 is 8.32 Å². The molecule has 0 fully saturated rings. The van der Waals surface area contributed by atoms with Gasteiger partial charge in [-0.1, -0.05) is 39.5 Å². The third-order valence-corrected chi connectivity index (χ3v) is 7.60. The molecule has 0 aromatic heterocycles. The van der Waals surface area contributed by atoms with Crippen LogP contribution in [0.1, 0.15) is 40.5 Å². The van der Waals surface area contributed by atoms with Gasteiger partial charge in [0.1, 0.15) is 6.10 Å². The lowest BCUT2D eigenvalue weighted by Gasteiger charge is -2.37. The van der Waals surface area contributed by atoms with E-state index in [1.807, 2.05) is 0 Å². The maximum Gasteiger partial charge on any atom is 0.193 e. The second-order valence-electron chi connectivity index (χ2n) is 5.57. The topological polar surface area (TPSA) is 29.5 Å². The Morgan fingerprint density at radius 1 is 1.31 bits per heavy atom. The predicted octanol–water partition coefficient (Wildman–Crippen LogP) is 3.17. The highest BCUT2D eigenvalue weighted by atomic mass is 28.4. The molecule has 0 heterocycles. The second kappa shape index (κ2) is 6.44. The molecule has 1 N–H and O–H groups in total. The van der Waals surface area contributed by atoms with Crippen molar-refractivity contribution in [2.24, 2.45) is 0 Å². The molecule has 0 aromatic rings. The third kappa shape index (κ3) is 5.15. The van der Waals surface area contributed by atoms with Crippen LogP contribution in [0.5, 0.6) is 0 Å². The van der Waals surface area contributed by atoms with Crippen molar-refractivity contribution in [3.05, 3.63) is 0 Å². The van der Waals surface area contributed by atoms with Crippen LogP contribution in [0.15, 0.2) is 0 Å². The van der Waals surface area contributed by atoms with E-state index in [-0.39, 0.29) is 17.7 Å². The van der Waals surface area contributed by atoms with Gasteiger partial charge in [0.05, 0.1) is 6.61 Å². The summed E-state index contributed by atoms with van der Waals surface area (Å²) in [7, 11) is -1.71. The molecule has 0 saturated heterocycles. The molecule has 3 heteroatoms. The molecule has 2 nitrogen and oxygen atoms in total. The quantitative estimate of drug-likeness (QED) is 0.606. The van der Waals surface area contributed by atoms with Gasteiger partial charge in [-0.25, -0.2) is 0 Å². The van der Waals surface area contributed by atoms with Gasteiger partial charge in [-0.05, 0) is 24.6 Å². The molecule has 0 rings (SSSR count). The highest BCUT2D eigenvalue weighted by molar-refractivity contribution is 6.74. The second-order valence-corrected chi connectivity index (χ2v) is 10.3. The first-order valence-corrected chi connectivity index (χ1v) is 8.92. The zero-order valence-electron chi connectivity index (χ0n) is 11.6. The molecule has 16 heavy (non-hydrogen) atoms. The number of hydrogen-bond donors (Lipinski definition) is 1. The standard InChI is InChI=1S/C13H26O2Si/c1-7-12(10-8-9-11-14)15-16(5,6)13(2,3)4/h12,14H,7,9,11H2,1-6H3/t12-/m0/s1. The molecular formula is C13H26O2Si. The Kier molecular flexibility index (Phi) is 6.31. The summed E-state index contributed by atoms with van der Waals surface area (Å²) >= 11 is 0. The molecule has 0 aliphatic rings. The molecule has 0 bridgehead atoms. The summed E-state index contributed by atoms with van der Waals surface area (Å²) < 4.78 is 6.18. The monoisotopic (exact) mass is 242 g/mol. The Balaban J connectivity index is 4.50. The van der Waals surface area contributed by atoms with Crippen LogP contribution < -0.4 is 0 Å². The van der Waals surface area contributed by atoms with E-state index >= 15 is 0 Å². The summed E-state index contributed by atoms with van der Waals surface area (Å²) in [6, 6.07) is 0. The maximum atomic E-state index is 8.68. The lowest BCUT2D eigenvalue weighted by Crippen LogP contribution is -2.43. The van der Waals surface area contributed by atoms with Gasteiger partial charge in [-0.15, -0.1) is 0 Å². The third-order valence-electron chi connectivity index (χ3n) is 3.11. The summed E-state index contributed by atoms with van der Waals surface area (Å²) in [5.41, 5.74) is 0. The SMILES string of the molecule is CC[C@@H](C#CCCO)O[Si](C)(C)C(C)(C)C. The number of rotatable bonds is 4. The van der Waals surface area contributed by atoms with Crippen molar-refractivity contribution >= 4 is 8.32 Å². The first-order chi connectivity index (χ1) is 7.24. The first kappa shape index (κ1) is 15.7. The van der Waals surface area contributed by atoms with E-state index in [4.69, 9.17) is 9.53 Å². The highest BCUT2D eigenvalue weighted by Gasteiger charge is 2.38. The fourth-order valence-electron chi connectivity index (χ4n) is 0.989. The van der Waals surface area contributed by atoms with Gasteiger partial charge in [0, 0.05) is 6.42 Å². The number of aliphatic hydroxyl groups is 1. The average Bonchev–Trinajstić information content (AvgIpc) is 2.14. The van der Waals surface area contributed by atoms with Crippen molar-refractivity contribution in [3.63, 3.8) is 0 Å². The molecule has 1 atom stereocenters. The van der Waals surface area contributed by atoms with Gasteiger partial charge in [-0.3, -0.25) is 0 Å². The van der Waals surface area contributed by atoms with Crippen LogP contribution >= 0.6 is 0 Å². The number of aliphatic hydroxyl groups excluding tert-OH is 1. The van der Waals surface area contributed by atoms with Gasteiger partial charge in [-0.2, -0.15) is 0 Å². The van der Waals surface area contributed by atoms with E-state index in [1.54, 1.807) is 0 Å². The minimum Gasteiger partial charge on any atom is -0.403 e. The van der Waals surface area contributed by atoms with Crippen LogP contribution in [-0.4, -0.2) is 26.1 Å². The lowest BCUT2D eigenvalue weighted by atomic mass is 10.2. The first-order valence-electron chi connectivity index (χ1n) is 6.01. The normalized spacial score (nSPS) is 14.2. The molecule has 0 aliphatic heterocycles. The minimum absolute atomic E-state index is 0.0208. The molecule has 0 aliphatic carbocycles. The number of hydrogen-bond acceptors (Lipinski definition) is 2. The van der Waals surface area contributed by atoms with Crippen molar-refractivity contribution < 1.29 is 9.53 Å². The zero-order chi connectivity index (χ0) is 12.8. The summed E-state index contributed by atoms with van der Waals surface area (Å²) in [5.74, 6) is 6.06. The van der Waals surface area contributed by atoms with E-state index in [0.29, 0.717) is 6.42 Å². The van der Waals surface area contributed by atoms with E-state index in [2.05, 4.69) is 52.6 Å². The molecule has 0 unspecified atom stereocenters. The minimum atomic E-state index is -1.71. The van der Waals surface area contributed by atoms with Crippen molar-refractivity contribution in [1.29, 1.82) is 0 Å². The Hall–Kier alpha value is -0.303. The average molecular weight is 242 g/mol. The molecule has 0 radical (unpaired) electrons. The zero-order valence-corrected chi connectivity index (χ0v) is 12.6. The van der Waals surface area contributed by atoms with Crippen LogP contribution in [0.3, 0.4) is 0 Å². The molecule has 0 aromatic carbocycles. The highest BCUT2D eigenvalue weighted by Crippen LogP contribution is 2.37. The Morgan fingerprint density at radius 3 is 2.25 bits per heavy atom. The predicted molar refractivity (Wildman–Crippen MR) is 71.8 cm³/mol. The van der Waals surface area contributed by atoms with Crippen molar-refractivity contribution in [1.82, 2.24) is 0 Å². The van der Waals surface area contributed by atoms with Gasteiger partial charge in [0.15, 0.2) is 8.32 Å². The molecular weight excluding hydrogens is 216 g/mol.